The first-order valence-corrected chi connectivity index (χ1v) is 16.8. The summed E-state index contributed by atoms with van der Waals surface area (Å²) in [5.74, 6) is 1.51. The van der Waals surface area contributed by atoms with E-state index in [-0.39, 0.29) is 5.88 Å². The molecule has 7 aromatic rings. The van der Waals surface area contributed by atoms with Gasteiger partial charge in [0.1, 0.15) is 34.0 Å². The Morgan fingerprint density at radius 2 is 1.09 bits per heavy atom. The zero-order chi connectivity index (χ0) is 29.1. The fourth-order valence-electron chi connectivity index (χ4n) is 5.52. The van der Waals surface area contributed by atoms with Gasteiger partial charge in [-0.15, -0.1) is 0 Å². The van der Waals surface area contributed by atoms with E-state index < -0.39 is 7.26 Å². The van der Waals surface area contributed by atoms with Gasteiger partial charge in [0.05, 0.1) is 16.8 Å². The molecule has 2 aromatic heterocycles. The number of para-hydroxylation sites is 2. The minimum absolute atomic E-state index is 0.258. The van der Waals surface area contributed by atoms with Gasteiger partial charge in [-0.3, -0.25) is 0 Å². The Morgan fingerprint density at radius 1 is 0.581 bits per heavy atom. The van der Waals surface area contributed by atoms with E-state index in [9.17, 15) is 5.11 Å². The Kier molecular flexibility index (Phi) is 7.46. The highest BCUT2D eigenvalue weighted by molar-refractivity contribution is 8.04. The number of benzene rings is 5. The molecular weight excluding hydrogens is 567 g/mol. The number of imidazole rings is 1. The van der Waals surface area contributed by atoms with Gasteiger partial charge in [0.2, 0.25) is 0 Å². The van der Waals surface area contributed by atoms with Crippen molar-refractivity contribution >= 4 is 51.3 Å². The molecule has 5 nitrogen and oxygen atoms in total. The van der Waals surface area contributed by atoms with Crippen LogP contribution in [0, 0.1) is 0 Å². The molecule has 208 valence electrons. The van der Waals surface area contributed by atoms with Crippen molar-refractivity contribution in [3.8, 4) is 17.3 Å². The number of nitrogens with one attached hydrogen (secondary N) is 1. The Labute approximate surface area is 255 Å². The lowest BCUT2D eigenvalue weighted by Gasteiger charge is -2.31. The lowest BCUT2D eigenvalue weighted by molar-refractivity contribution is -0.273. The molecule has 0 aliphatic rings. The van der Waals surface area contributed by atoms with E-state index in [0.717, 1.165) is 38.3 Å². The summed E-state index contributed by atoms with van der Waals surface area (Å²) in [6.45, 7) is 0. The molecule has 0 bridgehead atoms. The quantitative estimate of drug-likeness (QED) is 0.133. The van der Waals surface area contributed by atoms with E-state index in [0.29, 0.717) is 21.9 Å². The molecule has 7 rings (SSSR count). The second-order valence-corrected chi connectivity index (χ2v) is 14.3. The maximum atomic E-state index is 14.6. The van der Waals surface area contributed by atoms with Crippen LogP contribution in [0.15, 0.2) is 151 Å². The van der Waals surface area contributed by atoms with Crippen molar-refractivity contribution in [2.75, 3.05) is 0 Å². The number of nitrogens with zero attached hydrogens (tertiary/aromatic N) is 3. The Hall–Kier alpha value is -4.77. The van der Waals surface area contributed by atoms with Crippen LogP contribution in [0.25, 0.3) is 22.4 Å². The van der Waals surface area contributed by atoms with Crippen molar-refractivity contribution in [3.63, 3.8) is 0 Å². The van der Waals surface area contributed by atoms with Crippen molar-refractivity contribution in [3.05, 3.63) is 151 Å². The molecule has 1 N–H and O–H groups in total. The lowest BCUT2D eigenvalue weighted by Crippen LogP contribution is -2.41. The van der Waals surface area contributed by atoms with Crippen LogP contribution in [0.4, 0.5) is 0 Å². The molecule has 0 fully saturated rings. The van der Waals surface area contributed by atoms with Crippen molar-refractivity contribution in [1.82, 2.24) is 19.9 Å². The van der Waals surface area contributed by atoms with E-state index in [1.54, 1.807) is 0 Å². The molecule has 5 aromatic carbocycles. The van der Waals surface area contributed by atoms with Crippen molar-refractivity contribution < 1.29 is 5.11 Å². The zero-order valence-electron chi connectivity index (χ0n) is 23.2. The second-order valence-electron chi connectivity index (χ2n) is 10.0. The smallest absolute Gasteiger partial charge is 0.160 e. The maximum absolute atomic E-state index is 14.6. The third kappa shape index (κ3) is 5.10. The SMILES string of the molecule is [O-]c1nc(-c2ccccc2)nc(SCc2nc3ccccc3[nH]2)c1[P+](c1ccccc1)(c1ccccc1)c1ccccc1. The van der Waals surface area contributed by atoms with Crippen LogP contribution < -0.4 is 26.3 Å². The van der Waals surface area contributed by atoms with Gasteiger partial charge >= 0.3 is 0 Å². The predicted molar refractivity (Wildman–Crippen MR) is 177 cm³/mol. The molecule has 0 radical (unpaired) electrons. The number of aromatic amines is 1. The largest absolute Gasteiger partial charge is 0.856 e. The summed E-state index contributed by atoms with van der Waals surface area (Å²) in [6, 6.07) is 48.8. The van der Waals surface area contributed by atoms with Crippen LogP contribution in [0.5, 0.6) is 5.88 Å². The van der Waals surface area contributed by atoms with Gasteiger partial charge in [-0.1, -0.05) is 109 Å². The fraction of sp³-hybridized carbons (Fsp3) is 0.0278. The molecule has 43 heavy (non-hydrogen) atoms. The van der Waals surface area contributed by atoms with Gasteiger partial charge in [0.25, 0.3) is 0 Å². The number of rotatable bonds is 8. The van der Waals surface area contributed by atoms with Gasteiger partial charge in [0.15, 0.2) is 11.1 Å². The number of hydrogen-bond donors (Lipinski definition) is 1. The molecule has 0 spiro atoms. The highest BCUT2D eigenvalue weighted by Gasteiger charge is 2.51. The van der Waals surface area contributed by atoms with Crippen molar-refractivity contribution in [2.45, 2.75) is 10.8 Å². The number of aromatic nitrogens is 4. The highest BCUT2D eigenvalue weighted by atomic mass is 32.2. The molecule has 0 amide bonds. The van der Waals surface area contributed by atoms with Crippen LogP contribution in [0.1, 0.15) is 5.82 Å². The molecule has 0 unspecified atom stereocenters. The topological polar surface area (TPSA) is 77.5 Å². The van der Waals surface area contributed by atoms with Crippen molar-refractivity contribution in [1.29, 1.82) is 0 Å². The van der Waals surface area contributed by atoms with Crippen LogP contribution >= 0.6 is 19.0 Å². The highest BCUT2D eigenvalue weighted by Crippen LogP contribution is 2.57. The van der Waals surface area contributed by atoms with E-state index in [1.165, 1.54) is 11.8 Å². The zero-order valence-corrected chi connectivity index (χ0v) is 24.9. The summed E-state index contributed by atoms with van der Waals surface area (Å²) in [5, 5.41) is 19.1. The minimum atomic E-state index is -2.73. The first-order valence-electron chi connectivity index (χ1n) is 14.0. The van der Waals surface area contributed by atoms with Gasteiger partial charge < -0.3 is 10.1 Å². The Balaban J connectivity index is 1.50. The Bertz CT molecular complexity index is 1860. The summed E-state index contributed by atoms with van der Waals surface area (Å²) < 4.78 is 0. The van der Waals surface area contributed by atoms with Crippen LogP contribution in [-0.2, 0) is 5.75 Å². The first kappa shape index (κ1) is 27.1. The summed E-state index contributed by atoms with van der Waals surface area (Å²) in [4.78, 5) is 18.1. The second kappa shape index (κ2) is 11.8. The average molecular weight is 595 g/mol. The van der Waals surface area contributed by atoms with Gasteiger partial charge in [-0.05, 0) is 48.5 Å². The summed E-state index contributed by atoms with van der Waals surface area (Å²) >= 11 is 1.53. The minimum Gasteiger partial charge on any atom is -0.856 e. The number of thioether (sulfide) groups is 1. The van der Waals surface area contributed by atoms with Gasteiger partial charge in [-0.2, -0.15) is 0 Å². The fourth-order valence-corrected chi connectivity index (χ4v) is 11.1. The number of H-pyrrole nitrogens is 1. The average Bonchev–Trinajstić information content (AvgIpc) is 3.50. The van der Waals surface area contributed by atoms with Gasteiger partial charge in [0, 0.05) is 11.4 Å². The number of hydrogen-bond acceptors (Lipinski definition) is 5. The molecule has 0 saturated heterocycles. The monoisotopic (exact) mass is 594 g/mol. The van der Waals surface area contributed by atoms with Crippen molar-refractivity contribution in [2.24, 2.45) is 0 Å². The van der Waals surface area contributed by atoms with E-state index in [2.05, 4.69) is 46.4 Å². The summed E-state index contributed by atoms with van der Waals surface area (Å²) in [7, 11) is -2.73. The van der Waals surface area contributed by atoms with E-state index >= 15 is 0 Å². The van der Waals surface area contributed by atoms with Crippen LogP contribution in [0.3, 0.4) is 0 Å². The molecule has 0 saturated carbocycles. The van der Waals surface area contributed by atoms with E-state index in [4.69, 9.17) is 9.97 Å². The van der Waals surface area contributed by atoms with E-state index in [1.807, 2.05) is 109 Å². The van der Waals surface area contributed by atoms with Crippen LogP contribution in [0.2, 0.25) is 0 Å². The summed E-state index contributed by atoms with van der Waals surface area (Å²) in [5.41, 5.74) is 2.70. The summed E-state index contributed by atoms with van der Waals surface area (Å²) in [6.07, 6.45) is 0. The number of fused-ring (bicyclic) bond motifs is 1. The molecular formula is C36H27N4OPS. The molecule has 2 heterocycles. The van der Waals surface area contributed by atoms with Gasteiger partial charge in [-0.25, -0.2) is 15.0 Å². The Morgan fingerprint density at radius 3 is 1.65 bits per heavy atom. The molecule has 0 aliphatic carbocycles. The third-order valence-electron chi connectivity index (χ3n) is 7.40. The molecule has 0 aliphatic heterocycles. The first-order chi connectivity index (χ1) is 21.2. The normalized spacial score (nSPS) is 11.5. The van der Waals surface area contributed by atoms with Crippen LogP contribution in [-0.4, -0.2) is 19.9 Å². The molecule has 0 atom stereocenters. The standard InChI is InChI=1S/C36H27N4OPS/c41-35-33(42(27-17-7-2-8-18-27,28-19-9-3-10-20-28)29-21-11-4-12-22-29)36(40-34(39-35)26-15-5-1-6-16-26)43-25-32-37-30-23-13-14-24-31(30)38-32/h1-24H,25H2,(H-,37,38,39,40,41). The third-order valence-corrected chi connectivity index (χ3v) is 12.8. The molecule has 7 heteroatoms. The lowest BCUT2D eigenvalue weighted by atomic mass is 10.2. The predicted octanol–water partition coefficient (Wildman–Crippen LogP) is 6.01. The maximum Gasteiger partial charge on any atom is 0.160 e.